The predicted molar refractivity (Wildman–Crippen MR) is 76.1 cm³/mol. The van der Waals surface area contributed by atoms with Crippen molar-refractivity contribution in [3.8, 4) is 0 Å². The van der Waals surface area contributed by atoms with Crippen LogP contribution in [-0.2, 0) is 0 Å². The number of fused-ring (bicyclic) bond motifs is 9. The number of hydrogen-bond acceptors (Lipinski definition) is 0. The lowest BCUT2D eigenvalue weighted by Crippen LogP contribution is -2.32. The van der Waals surface area contributed by atoms with Crippen LogP contribution in [0.15, 0.2) is 23.8 Å². The third kappa shape index (κ3) is 1.27. The summed E-state index contributed by atoms with van der Waals surface area (Å²) in [4.78, 5) is 0. The van der Waals surface area contributed by atoms with Crippen LogP contribution in [0, 0.1) is 41.4 Å². The SMILES string of the molecule is C/C=C1/C(CCCC)C2CC1C1C3C=CC(C3)C21. The smallest absolute Gasteiger partial charge is 0.0161 e. The lowest BCUT2D eigenvalue weighted by Gasteiger charge is -2.38. The maximum atomic E-state index is 2.57. The van der Waals surface area contributed by atoms with Crippen molar-refractivity contribution >= 4 is 0 Å². The molecule has 0 amide bonds. The van der Waals surface area contributed by atoms with E-state index in [1.54, 1.807) is 0 Å². The fraction of sp³-hybridized carbons (Fsp3) is 0.778. The Balaban J connectivity index is 1.64. The Morgan fingerprint density at radius 3 is 2.67 bits per heavy atom. The number of rotatable bonds is 3. The zero-order valence-corrected chi connectivity index (χ0v) is 11.8. The van der Waals surface area contributed by atoms with Crippen LogP contribution < -0.4 is 0 Å². The minimum atomic E-state index is 0.956. The molecule has 0 aromatic carbocycles. The van der Waals surface area contributed by atoms with Gasteiger partial charge < -0.3 is 0 Å². The average molecular weight is 242 g/mol. The van der Waals surface area contributed by atoms with Crippen LogP contribution in [0.5, 0.6) is 0 Å². The zero-order chi connectivity index (χ0) is 12.3. The van der Waals surface area contributed by atoms with Gasteiger partial charge in [0.2, 0.25) is 0 Å². The normalized spacial score (nSPS) is 53.7. The summed E-state index contributed by atoms with van der Waals surface area (Å²) >= 11 is 0. The van der Waals surface area contributed by atoms with E-state index in [0.29, 0.717) is 0 Å². The lowest BCUT2D eigenvalue weighted by atomic mass is 9.66. The molecule has 0 nitrogen and oxygen atoms in total. The molecule has 18 heavy (non-hydrogen) atoms. The minimum absolute atomic E-state index is 0.956. The summed E-state index contributed by atoms with van der Waals surface area (Å²) < 4.78 is 0. The molecular formula is C18H26. The first kappa shape index (κ1) is 11.3. The molecule has 3 saturated carbocycles. The van der Waals surface area contributed by atoms with E-state index in [1.165, 1.54) is 32.1 Å². The number of allylic oxidation sites excluding steroid dienone is 4. The van der Waals surface area contributed by atoms with Gasteiger partial charge in [0.1, 0.15) is 0 Å². The first-order chi connectivity index (χ1) is 8.85. The summed E-state index contributed by atoms with van der Waals surface area (Å²) in [6, 6.07) is 0. The molecule has 0 aromatic heterocycles. The Morgan fingerprint density at radius 2 is 1.94 bits per heavy atom. The third-order valence-electron chi connectivity index (χ3n) is 6.64. The Bertz CT molecular complexity index is 402. The molecule has 0 spiro atoms. The third-order valence-corrected chi connectivity index (χ3v) is 6.64. The van der Waals surface area contributed by atoms with E-state index in [0.717, 1.165) is 41.4 Å². The highest BCUT2D eigenvalue weighted by Gasteiger charge is 2.62. The van der Waals surface area contributed by atoms with Gasteiger partial charge in [0.05, 0.1) is 0 Å². The Labute approximate surface area is 112 Å². The molecule has 0 aromatic rings. The number of hydrogen-bond donors (Lipinski definition) is 0. The molecule has 4 bridgehead atoms. The fourth-order valence-electron chi connectivity index (χ4n) is 6.22. The zero-order valence-electron chi connectivity index (χ0n) is 11.8. The second kappa shape index (κ2) is 3.99. The van der Waals surface area contributed by atoms with Crippen molar-refractivity contribution in [2.45, 2.75) is 46.0 Å². The Morgan fingerprint density at radius 1 is 1.17 bits per heavy atom. The van der Waals surface area contributed by atoms with Gasteiger partial charge in [-0.3, -0.25) is 0 Å². The predicted octanol–water partition coefficient (Wildman–Crippen LogP) is 4.83. The van der Waals surface area contributed by atoms with Crippen molar-refractivity contribution in [3.63, 3.8) is 0 Å². The van der Waals surface area contributed by atoms with Crippen LogP contribution in [-0.4, -0.2) is 0 Å². The highest BCUT2D eigenvalue weighted by molar-refractivity contribution is 5.31. The van der Waals surface area contributed by atoms with E-state index in [9.17, 15) is 0 Å². The van der Waals surface area contributed by atoms with Gasteiger partial charge in [-0.15, -0.1) is 0 Å². The second-order valence-corrected chi connectivity index (χ2v) is 7.15. The van der Waals surface area contributed by atoms with Crippen LogP contribution in [0.25, 0.3) is 0 Å². The van der Waals surface area contributed by atoms with Crippen molar-refractivity contribution in [2.24, 2.45) is 41.4 Å². The van der Waals surface area contributed by atoms with E-state index in [-0.39, 0.29) is 0 Å². The first-order valence-corrected chi connectivity index (χ1v) is 8.19. The van der Waals surface area contributed by atoms with E-state index in [2.05, 4.69) is 32.1 Å². The largest absolute Gasteiger partial charge is 0.0879 e. The Kier molecular flexibility index (Phi) is 2.51. The fourth-order valence-corrected chi connectivity index (χ4v) is 6.22. The summed E-state index contributed by atoms with van der Waals surface area (Å²) in [6.45, 7) is 4.64. The highest BCUT2D eigenvalue weighted by atomic mass is 14.7. The van der Waals surface area contributed by atoms with Crippen molar-refractivity contribution < 1.29 is 0 Å². The molecule has 4 aliphatic carbocycles. The van der Waals surface area contributed by atoms with Gasteiger partial charge in [-0.2, -0.15) is 0 Å². The summed E-state index contributed by atoms with van der Waals surface area (Å²) in [5, 5.41) is 0. The standard InChI is InChI=1S/C18H26/c1-3-5-6-14-13(4-2)15-10-16(14)18-12-8-7-11(9-12)17(15)18/h4,7-8,11-12,14-18H,3,5-6,9-10H2,1-2H3/b13-4-. The number of unbranched alkanes of at least 4 members (excludes halogenated alkanes) is 1. The van der Waals surface area contributed by atoms with Gasteiger partial charge in [-0.1, -0.05) is 43.6 Å². The van der Waals surface area contributed by atoms with Gasteiger partial charge in [0, 0.05) is 0 Å². The van der Waals surface area contributed by atoms with Crippen molar-refractivity contribution in [1.82, 2.24) is 0 Å². The minimum Gasteiger partial charge on any atom is -0.0879 e. The maximum Gasteiger partial charge on any atom is -0.0161 e. The second-order valence-electron chi connectivity index (χ2n) is 7.15. The summed E-state index contributed by atoms with van der Waals surface area (Å²) in [6.07, 6.45) is 14.9. The quantitative estimate of drug-likeness (QED) is 0.491. The van der Waals surface area contributed by atoms with Gasteiger partial charge in [-0.25, -0.2) is 0 Å². The van der Waals surface area contributed by atoms with Crippen LogP contribution in [0.4, 0.5) is 0 Å². The molecular weight excluding hydrogens is 216 g/mol. The van der Waals surface area contributed by atoms with Crippen molar-refractivity contribution in [2.75, 3.05) is 0 Å². The molecule has 7 atom stereocenters. The lowest BCUT2D eigenvalue weighted by molar-refractivity contribution is 0.187. The van der Waals surface area contributed by atoms with Crippen LogP contribution >= 0.6 is 0 Å². The summed E-state index contributed by atoms with van der Waals surface area (Å²) in [7, 11) is 0. The molecule has 0 saturated heterocycles. The molecule has 0 radical (unpaired) electrons. The van der Waals surface area contributed by atoms with E-state index in [1.807, 2.05) is 5.57 Å². The van der Waals surface area contributed by atoms with E-state index < -0.39 is 0 Å². The molecule has 7 unspecified atom stereocenters. The molecule has 98 valence electrons. The van der Waals surface area contributed by atoms with E-state index >= 15 is 0 Å². The molecule has 0 heterocycles. The van der Waals surface area contributed by atoms with Crippen LogP contribution in [0.3, 0.4) is 0 Å². The molecule has 0 N–H and O–H groups in total. The molecule has 0 heteroatoms. The molecule has 4 aliphatic rings. The first-order valence-electron chi connectivity index (χ1n) is 8.19. The Hall–Kier alpha value is -0.520. The van der Waals surface area contributed by atoms with Crippen molar-refractivity contribution in [3.05, 3.63) is 23.8 Å². The topological polar surface area (TPSA) is 0 Å². The molecule has 0 aliphatic heterocycles. The average Bonchev–Trinajstić information content (AvgIpc) is 3.11. The summed E-state index contributed by atoms with van der Waals surface area (Å²) in [5.41, 5.74) is 1.87. The highest BCUT2D eigenvalue weighted by Crippen LogP contribution is 2.69. The van der Waals surface area contributed by atoms with Crippen molar-refractivity contribution in [1.29, 1.82) is 0 Å². The van der Waals surface area contributed by atoms with Crippen LogP contribution in [0.1, 0.15) is 46.0 Å². The van der Waals surface area contributed by atoms with Gasteiger partial charge in [-0.05, 0) is 67.6 Å². The molecule has 3 fully saturated rings. The van der Waals surface area contributed by atoms with Gasteiger partial charge in [0.25, 0.3) is 0 Å². The van der Waals surface area contributed by atoms with E-state index in [4.69, 9.17) is 0 Å². The van der Waals surface area contributed by atoms with Crippen LogP contribution in [0.2, 0.25) is 0 Å². The molecule has 4 rings (SSSR count). The van der Waals surface area contributed by atoms with Gasteiger partial charge >= 0.3 is 0 Å². The monoisotopic (exact) mass is 242 g/mol. The summed E-state index contributed by atoms with van der Waals surface area (Å²) in [5.74, 6) is 7.05. The van der Waals surface area contributed by atoms with Gasteiger partial charge in [0.15, 0.2) is 0 Å². The maximum absolute atomic E-state index is 2.57.